The molecule has 0 radical (unpaired) electrons. The van der Waals surface area contributed by atoms with E-state index in [1.54, 1.807) is 0 Å². The number of benzene rings is 1. The number of rotatable bonds is 8. The monoisotopic (exact) mass is 468 g/mol. The van der Waals surface area contributed by atoms with Crippen molar-refractivity contribution in [1.29, 1.82) is 0 Å². The third-order valence-electron chi connectivity index (χ3n) is 2.99. The fourth-order valence-corrected chi connectivity index (χ4v) is 3.19. The molecule has 0 amide bonds. The van der Waals surface area contributed by atoms with Crippen molar-refractivity contribution in [3.63, 3.8) is 0 Å². The highest BCUT2D eigenvalue weighted by molar-refractivity contribution is 14.0. The van der Waals surface area contributed by atoms with E-state index in [1.165, 1.54) is 5.56 Å². The van der Waals surface area contributed by atoms with Crippen molar-refractivity contribution in [3.8, 4) is 0 Å². The van der Waals surface area contributed by atoms with E-state index in [-0.39, 0.29) is 24.0 Å². The molecule has 0 aliphatic rings. The molecular weight excluding hydrogens is 439 g/mol. The van der Waals surface area contributed by atoms with Gasteiger partial charge < -0.3 is 10.6 Å². The summed E-state index contributed by atoms with van der Waals surface area (Å²) in [7, 11) is -3.26. The number of sulfonamides is 1. The summed E-state index contributed by atoms with van der Waals surface area (Å²) in [6.45, 7) is 7.47. The first-order valence-corrected chi connectivity index (χ1v) is 9.66. The Morgan fingerprint density at radius 2 is 1.79 bits per heavy atom. The highest BCUT2D eigenvalue weighted by Crippen LogP contribution is 2.04. The van der Waals surface area contributed by atoms with Gasteiger partial charge in [-0.2, -0.15) is 0 Å². The highest BCUT2D eigenvalue weighted by atomic mass is 127. The minimum Gasteiger partial charge on any atom is -0.357 e. The molecular formula is C16H29IN4O2S. The molecule has 0 atom stereocenters. The van der Waals surface area contributed by atoms with Crippen LogP contribution in [-0.4, -0.2) is 45.8 Å². The molecule has 0 aliphatic heterocycles. The van der Waals surface area contributed by atoms with Gasteiger partial charge in [0.25, 0.3) is 0 Å². The Hall–Kier alpha value is -0.870. The lowest BCUT2D eigenvalue weighted by molar-refractivity contribution is 0.464. The Morgan fingerprint density at radius 1 is 1.17 bits per heavy atom. The SMILES string of the molecule is CCNC(=NCC(C)(C)NS(C)(=O)=O)NCCc1ccccc1.I. The number of hydrogen-bond acceptors (Lipinski definition) is 3. The fraction of sp³-hybridized carbons (Fsp3) is 0.562. The van der Waals surface area contributed by atoms with Gasteiger partial charge in [-0.15, -0.1) is 24.0 Å². The summed E-state index contributed by atoms with van der Waals surface area (Å²) in [6.07, 6.45) is 2.05. The second-order valence-corrected chi connectivity index (χ2v) is 7.86. The van der Waals surface area contributed by atoms with Crippen LogP contribution in [0.2, 0.25) is 0 Å². The van der Waals surface area contributed by atoms with E-state index >= 15 is 0 Å². The second-order valence-electron chi connectivity index (χ2n) is 6.12. The van der Waals surface area contributed by atoms with Gasteiger partial charge >= 0.3 is 0 Å². The molecule has 1 rings (SSSR count). The zero-order valence-electron chi connectivity index (χ0n) is 14.8. The van der Waals surface area contributed by atoms with Crippen LogP contribution in [0.25, 0.3) is 0 Å². The Morgan fingerprint density at radius 3 is 2.33 bits per heavy atom. The van der Waals surface area contributed by atoms with E-state index in [4.69, 9.17) is 0 Å². The van der Waals surface area contributed by atoms with Crippen molar-refractivity contribution in [3.05, 3.63) is 35.9 Å². The number of halogens is 1. The van der Waals surface area contributed by atoms with E-state index in [0.717, 1.165) is 25.8 Å². The van der Waals surface area contributed by atoms with Crippen molar-refractivity contribution >= 4 is 40.0 Å². The molecule has 0 aromatic heterocycles. The van der Waals surface area contributed by atoms with Crippen LogP contribution in [0.3, 0.4) is 0 Å². The van der Waals surface area contributed by atoms with E-state index < -0.39 is 15.6 Å². The molecule has 0 heterocycles. The van der Waals surface area contributed by atoms with Gasteiger partial charge in [0.2, 0.25) is 10.0 Å². The molecule has 0 unspecified atom stereocenters. The summed E-state index contributed by atoms with van der Waals surface area (Å²) >= 11 is 0. The smallest absolute Gasteiger partial charge is 0.209 e. The number of nitrogens with zero attached hydrogens (tertiary/aromatic N) is 1. The third-order valence-corrected chi connectivity index (χ3v) is 3.91. The van der Waals surface area contributed by atoms with Crippen LogP contribution in [-0.2, 0) is 16.4 Å². The average Bonchev–Trinajstić information content (AvgIpc) is 2.43. The molecule has 0 aliphatic carbocycles. The minimum atomic E-state index is -3.26. The maximum atomic E-state index is 11.4. The predicted molar refractivity (Wildman–Crippen MR) is 112 cm³/mol. The summed E-state index contributed by atoms with van der Waals surface area (Å²) in [5.74, 6) is 0.687. The third kappa shape index (κ3) is 10.8. The van der Waals surface area contributed by atoms with Crippen molar-refractivity contribution in [2.45, 2.75) is 32.7 Å². The molecule has 8 heteroatoms. The van der Waals surface area contributed by atoms with Gasteiger partial charge in [-0.1, -0.05) is 30.3 Å². The van der Waals surface area contributed by atoms with Crippen molar-refractivity contribution in [2.24, 2.45) is 4.99 Å². The fourth-order valence-electron chi connectivity index (χ4n) is 2.12. The molecule has 0 bridgehead atoms. The van der Waals surface area contributed by atoms with E-state index in [2.05, 4.69) is 32.5 Å². The molecule has 0 fully saturated rings. The van der Waals surface area contributed by atoms with Crippen LogP contribution in [0, 0.1) is 0 Å². The van der Waals surface area contributed by atoms with Crippen LogP contribution >= 0.6 is 24.0 Å². The van der Waals surface area contributed by atoms with E-state index in [0.29, 0.717) is 12.5 Å². The largest absolute Gasteiger partial charge is 0.357 e. The van der Waals surface area contributed by atoms with Crippen LogP contribution in [0.4, 0.5) is 0 Å². The highest BCUT2D eigenvalue weighted by Gasteiger charge is 2.21. The Balaban J connectivity index is 0.00000529. The standard InChI is InChI=1S/C16H28N4O2S.HI/c1-5-17-15(18-12-11-14-9-7-6-8-10-14)19-13-16(2,3)20-23(4,21)22;/h6-10,20H,5,11-13H2,1-4H3,(H2,17,18,19);1H. The Kier molecular flexibility index (Phi) is 10.5. The van der Waals surface area contributed by atoms with Gasteiger partial charge in [0, 0.05) is 18.6 Å². The summed E-state index contributed by atoms with van der Waals surface area (Å²) in [5, 5.41) is 6.43. The van der Waals surface area contributed by atoms with Crippen LogP contribution in [0.5, 0.6) is 0 Å². The van der Waals surface area contributed by atoms with Crippen molar-refractivity contribution in [1.82, 2.24) is 15.4 Å². The molecule has 138 valence electrons. The molecule has 1 aromatic rings. The van der Waals surface area contributed by atoms with Crippen LogP contribution < -0.4 is 15.4 Å². The lowest BCUT2D eigenvalue weighted by Gasteiger charge is -2.23. The van der Waals surface area contributed by atoms with Gasteiger partial charge in [-0.05, 0) is 32.8 Å². The second kappa shape index (κ2) is 10.9. The zero-order chi connectivity index (χ0) is 17.3. The summed E-state index contributed by atoms with van der Waals surface area (Å²) in [6, 6.07) is 10.2. The molecule has 1 aromatic carbocycles. The van der Waals surface area contributed by atoms with Gasteiger partial charge in [0.05, 0.1) is 12.8 Å². The molecule has 24 heavy (non-hydrogen) atoms. The molecule has 6 nitrogen and oxygen atoms in total. The predicted octanol–water partition coefficient (Wildman–Crippen LogP) is 1.73. The summed E-state index contributed by atoms with van der Waals surface area (Å²) < 4.78 is 25.3. The van der Waals surface area contributed by atoms with E-state index in [1.807, 2.05) is 39.0 Å². The number of hydrogen-bond donors (Lipinski definition) is 3. The normalized spacial score (nSPS) is 12.4. The first-order valence-electron chi connectivity index (χ1n) is 7.77. The van der Waals surface area contributed by atoms with Crippen molar-refractivity contribution in [2.75, 3.05) is 25.9 Å². The number of aliphatic imine (C=N–C) groups is 1. The van der Waals surface area contributed by atoms with Gasteiger partial charge in [-0.25, -0.2) is 13.1 Å². The van der Waals surface area contributed by atoms with Crippen molar-refractivity contribution < 1.29 is 8.42 Å². The molecule has 0 spiro atoms. The lowest BCUT2D eigenvalue weighted by Crippen LogP contribution is -2.47. The average molecular weight is 468 g/mol. The molecule has 0 saturated carbocycles. The maximum absolute atomic E-state index is 11.4. The van der Waals surface area contributed by atoms with Gasteiger partial charge in [-0.3, -0.25) is 4.99 Å². The lowest BCUT2D eigenvalue weighted by atomic mass is 10.1. The zero-order valence-corrected chi connectivity index (χ0v) is 17.9. The number of nitrogens with one attached hydrogen (secondary N) is 3. The van der Waals surface area contributed by atoms with Crippen LogP contribution in [0.1, 0.15) is 26.3 Å². The summed E-state index contributed by atoms with van der Waals surface area (Å²) in [4.78, 5) is 4.47. The topological polar surface area (TPSA) is 82.6 Å². The first-order chi connectivity index (χ1) is 10.7. The first kappa shape index (κ1) is 23.1. The molecule has 0 saturated heterocycles. The number of guanidine groups is 1. The quantitative estimate of drug-likeness (QED) is 0.309. The Bertz CT molecular complexity index is 604. The van der Waals surface area contributed by atoms with Gasteiger partial charge in [0.15, 0.2) is 5.96 Å². The van der Waals surface area contributed by atoms with Gasteiger partial charge in [0.1, 0.15) is 0 Å². The van der Waals surface area contributed by atoms with Crippen LogP contribution in [0.15, 0.2) is 35.3 Å². The maximum Gasteiger partial charge on any atom is 0.209 e. The molecule has 3 N–H and O–H groups in total. The Labute approximate surface area is 163 Å². The minimum absolute atomic E-state index is 0. The summed E-state index contributed by atoms with van der Waals surface area (Å²) in [5.41, 5.74) is 0.630. The van der Waals surface area contributed by atoms with E-state index in [9.17, 15) is 8.42 Å².